The minimum atomic E-state index is 0.380. The Morgan fingerprint density at radius 2 is 2.24 bits per heavy atom. The van der Waals surface area contributed by atoms with Crippen LogP contribution in [-0.2, 0) is 6.42 Å². The van der Waals surface area contributed by atoms with Crippen LogP contribution in [0.5, 0.6) is 0 Å². The number of rotatable bonds is 4. The van der Waals surface area contributed by atoms with E-state index in [-0.39, 0.29) is 0 Å². The van der Waals surface area contributed by atoms with E-state index in [0.29, 0.717) is 5.41 Å². The standard InChI is InChI=1S/C12H13BrN2S2/c13-10-2-1-9(17-10)8-6-16-11(15-8)5-12(7-14)3-4-12/h1-2,6H,3-5,7,14H2. The molecule has 90 valence electrons. The second-order valence-corrected chi connectivity index (χ2v) is 8.02. The predicted molar refractivity (Wildman–Crippen MR) is 77.6 cm³/mol. The van der Waals surface area contributed by atoms with Gasteiger partial charge in [0.1, 0.15) is 0 Å². The maximum absolute atomic E-state index is 5.81. The summed E-state index contributed by atoms with van der Waals surface area (Å²) in [5, 5.41) is 3.38. The fourth-order valence-electron chi connectivity index (χ4n) is 1.91. The van der Waals surface area contributed by atoms with E-state index in [1.807, 2.05) is 0 Å². The Bertz CT molecular complexity index is 528. The zero-order chi connectivity index (χ0) is 11.9. The molecule has 0 radical (unpaired) electrons. The van der Waals surface area contributed by atoms with Crippen molar-refractivity contribution in [2.45, 2.75) is 19.3 Å². The zero-order valence-corrected chi connectivity index (χ0v) is 12.5. The summed E-state index contributed by atoms with van der Waals surface area (Å²) < 4.78 is 1.16. The van der Waals surface area contributed by atoms with Gasteiger partial charge in [-0.3, -0.25) is 0 Å². The number of nitrogens with two attached hydrogens (primary N) is 1. The number of thiophene rings is 1. The van der Waals surface area contributed by atoms with E-state index in [9.17, 15) is 0 Å². The van der Waals surface area contributed by atoms with Gasteiger partial charge in [0.15, 0.2) is 0 Å². The van der Waals surface area contributed by atoms with Gasteiger partial charge in [-0.2, -0.15) is 0 Å². The van der Waals surface area contributed by atoms with Gasteiger partial charge < -0.3 is 5.73 Å². The van der Waals surface area contributed by atoms with Crippen LogP contribution < -0.4 is 5.73 Å². The van der Waals surface area contributed by atoms with Crippen molar-refractivity contribution in [2.75, 3.05) is 6.54 Å². The van der Waals surface area contributed by atoms with Gasteiger partial charge in [-0.05, 0) is 52.9 Å². The average molecular weight is 329 g/mol. The van der Waals surface area contributed by atoms with Gasteiger partial charge in [0.05, 0.1) is 19.4 Å². The molecule has 1 aliphatic carbocycles. The van der Waals surface area contributed by atoms with Crippen LogP contribution in [0.25, 0.3) is 10.6 Å². The highest BCUT2D eigenvalue weighted by molar-refractivity contribution is 9.11. The first-order valence-corrected chi connectivity index (χ1v) is 8.10. The smallest absolute Gasteiger partial charge is 0.0938 e. The number of halogens is 1. The summed E-state index contributed by atoms with van der Waals surface area (Å²) in [4.78, 5) is 5.95. The maximum Gasteiger partial charge on any atom is 0.0938 e. The van der Waals surface area contributed by atoms with E-state index in [4.69, 9.17) is 10.7 Å². The number of nitrogens with zero attached hydrogens (tertiary/aromatic N) is 1. The lowest BCUT2D eigenvalue weighted by Crippen LogP contribution is -2.17. The van der Waals surface area contributed by atoms with Crippen LogP contribution in [0.15, 0.2) is 21.3 Å². The second-order valence-electron chi connectivity index (χ2n) is 4.61. The van der Waals surface area contributed by atoms with Crippen molar-refractivity contribution in [1.82, 2.24) is 4.98 Å². The van der Waals surface area contributed by atoms with E-state index in [1.165, 1.54) is 22.7 Å². The topological polar surface area (TPSA) is 38.9 Å². The van der Waals surface area contributed by atoms with Crippen LogP contribution in [0.1, 0.15) is 17.8 Å². The van der Waals surface area contributed by atoms with E-state index in [1.54, 1.807) is 22.7 Å². The largest absolute Gasteiger partial charge is 0.330 e. The van der Waals surface area contributed by atoms with Crippen LogP contribution in [0.3, 0.4) is 0 Å². The molecule has 0 atom stereocenters. The first-order chi connectivity index (χ1) is 8.21. The molecular formula is C12H13BrN2S2. The number of hydrogen-bond acceptors (Lipinski definition) is 4. The predicted octanol–water partition coefficient (Wildman–Crippen LogP) is 3.92. The second kappa shape index (κ2) is 4.46. The van der Waals surface area contributed by atoms with Crippen LogP contribution in [-0.4, -0.2) is 11.5 Å². The molecule has 17 heavy (non-hydrogen) atoms. The minimum absolute atomic E-state index is 0.380. The lowest BCUT2D eigenvalue weighted by Gasteiger charge is -2.08. The Hall–Kier alpha value is -0.230. The summed E-state index contributed by atoms with van der Waals surface area (Å²) in [6.07, 6.45) is 3.59. The highest BCUT2D eigenvalue weighted by atomic mass is 79.9. The van der Waals surface area contributed by atoms with Gasteiger partial charge in [0.25, 0.3) is 0 Å². The van der Waals surface area contributed by atoms with Crippen LogP contribution >= 0.6 is 38.6 Å². The summed E-state index contributed by atoms with van der Waals surface area (Å²) in [7, 11) is 0. The molecule has 1 saturated carbocycles. The van der Waals surface area contributed by atoms with Crippen LogP contribution in [0.4, 0.5) is 0 Å². The summed E-state index contributed by atoms with van der Waals surface area (Å²) in [5.74, 6) is 0. The van der Waals surface area contributed by atoms with Gasteiger partial charge in [-0.15, -0.1) is 22.7 Å². The van der Waals surface area contributed by atoms with Gasteiger partial charge in [-0.1, -0.05) is 0 Å². The van der Waals surface area contributed by atoms with E-state index in [2.05, 4.69) is 33.4 Å². The molecule has 0 saturated heterocycles. The van der Waals surface area contributed by atoms with Crippen molar-refractivity contribution >= 4 is 38.6 Å². The molecule has 5 heteroatoms. The van der Waals surface area contributed by atoms with Crippen LogP contribution in [0.2, 0.25) is 0 Å². The molecule has 0 amide bonds. The normalized spacial score (nSPS) is 17.3. The lowest BCUT2D eigenvalue weighted by molar-refractivity contribution is 0.520. The van der Waals surface area contributed by atoms with Crippen molar-refractivity contribution < 1.29 is 0 Å². The third-order valence-corrected chi connectivity index (χ3v) is 5.79. The van der Waals surface area contributed by atoms with E-state index >= 15 is 0 Å². The molecule has 3 rings (SSSR count). The monoisotopic (exact) mass is 328 g/mol. The van der Waals surface area contributed by atoms with Gasteiger partial charge >= 0.3 is 0 Å². The molecular weight excluding hydrogens is 316 g/mol. The lowest BCUT2D eigenvalue weighted by atomic mass is 10.0. The Kier molecular flexibility index (Phi) is 3.11. The van der Waals surface area contributed by atoms with Crippen LogP contribution in [0, 0.1) is 5.41 Å². The molecule has 1 fully saturated rings. The molecule has 2 heterocycles. The van der Waals surface area contributed by atoms with Gasteiger partial charge in [0.2, 0.25) is 0 Å². The quantitative estimate of drug-likeness (QED) is 0.923. The summed E-state index contributed by atoms with van der Waals surface area (Å²) >= 11 is 6.97. The Balaban J connectivity index is 1.79. The fraction of sp³-hybridized carbons (Fsp3) is 0.417. The van der Waals surface area contributed by atoms with Crippen molar-refractivity contribution in [3.63, 3.8) is 0 Å². The Morgan fingerprint density at radius 3 is 2.82 bits per heavy atom. The number of hydrogen-bond donors (Lipinski definition) is 1. The summed E-state index contributed by atoms with van der Waals surface area (Å²) in [6.45, 7) is 0.798. The van der Waals surface area contributed by atoms with Crippen molar-refractivity contribution in [3.8, 4) is 10.6 Å². The first-order valence-electron chi connectivity index (χ1n) is 5.61. The van der Waals surface area contributed by atoms with Crippen molar-refractivity contribution in [1.29, 1.82) is 0 Å². The Labute approximate surface area is 117 Å². The average Bonchev–Trinajstić information content (AvgIpc) is 2.73. The molecule has 0 aromatic carbocycles. The maximum atomic E-state index is 5.81. The minimum Gasteiger partial charge on any atom is -0.330 e. The van der Waals surface area contributed by atoms with Crippen molar-refractivity contribution in [3.05, 3.63) is 26.3 Å². The van der Waals surface area contributed by atoms with Gasteiger partial charge in [0, 0.05) is 11.8 Å². The molecule has 0 aliphatic heterocycles. The first kappa shape index (κ1) is 11.8. The SMILES string of the molecule is NCC1(Cc2nc(-c3ccc(Br)s3)cs2)CC1. The highest BCUT2D eigenvalue weighted by Crippen LogP contribution is 2.48. The fourth-order valence-corrected chi connectivity index (χ4v) is 4.30. The molecule has 2 N–H and O–H groups in total. The third-order valence-electron chi connectivity index (χ3n) is 3.29. The van der Waals surface area contributed by atoms with E-state index < -0.39 is 0 Å². The van der Waals surface area contributed by atoms with Crippen molar-refractivity contribution in [2.24, 2.45) is 11.1 Å². The highest BCUT2D eigenvalue weighted by Gasteiger charge is 2.41. The zero-order valence-electron chi connectivity index (χ0n) is 9.28. The van der Waals surface area contributed by atoms with E-state index in [0.717, 1.165) is 22.4 Å². The number of thiazole rings is 1. The third kappa shape index (κ3) is 2.47. The van der Waals surface area contributed by atoms with Gasteiger partial charge in [-0.25, -0.2) is 4.98 Å². The molecule has 0 spiro atoms. The molecule has 1 aliphatic rings. The molecule has 2 aromatic heterocycles. The summed E-state index contributed by atoms with van der Waals surface area (Å²) in [5.41, 5.74) is 7.30. The number of aromatic nitrogens is 1. The summed E-state index contributed by atoms with van der Waals surface area (Å²) in [6, 6.07) is 4.19. The molecule has 0 unspecified atom stereocenters. The molecule has 0 bridgehead atoms. The Morgan fingerprint density at radius 1 is 1.41 bits per heavy atom. The molecule has 2 aromatic rings. The molecule has 2 nitrogen and oxygen atoms in total.